The van der Waals surface area contributed by atoms with E-state index in [1.165, 1.54) is 0 Å². The van der Waals surface area contributed by atoms with Crippen LogP contribution in [0, 0.1) is 6.20 Å². The minimum Gasteiger partial charge on any atom is -0.352 e. The molecule has 1 aromatic rings. The summed E-state index contributed by atoms with van der Waals surface area (Å²) in [4.78, 5) is 10.3. The van der Waals surface area contributed by atoms with E-state index in [1.807, 2.05) is 0 Å². The average molecular weight is 163 g/mol. The molecule has 0 atom stereocenters. The Morgan fingerprint density at radius 1 is 1.33 bits per heavy atom. The molecule has 63 valence electrons. The van der Waals surface area contributed by atoms with E-state index in [9.17, 15) is 0 Å². The minimum atomic E-state index is 0.860. The maximum atomic E-state index is 4.18. The standard InChI is InChI=1S/C8H11N4/c1-2-11-8(7-10-1)12-5-3-9-4-6-12/h1-2,9H,3-6H2. The first kappa shape index (κ1) is 7.49. The van der Waals surface area contributed by atoms with Gasteiger partial charge >= 0.3 is 0 Å². The van der Waals surface area contributed by atoms with Crippen molar-refractivity contribution in [2.75, 3.05) is 31.1 Å². The molecule has 12 heavy (non-hydrogen) atoms. The summed E-state index contributed by atoms with van der Waals surface area (Å²) in [5.74, 6) is 0.860. The van der Waals surface area contributed by atoms with E-state index in [1.54, 1.807) is 12.4 Å². The van der Waals surface area contributed by atoms with Gasteiger partial charge in [0.05, 0.1) is 0 Å². The molecule has 1 aromatic heterocycles. The molecule has 4 heteroatoms. The van der Waals surface area contributed by atoms with Gasteiger partial charge in [0.25, 0.3) is 0 Å². The number of aromatic nitrogens is 2. The summed E-state index contributed by atoms with van der Waals surface area (Å²) in [6, 6.07) is 0. The highest BCUT2D eigenvalue weighted by Crippen LogP contribution is 2.06. The van der Waals surface area contributed by atoms with Gasteiger partial charge in [0.2, 0.25) is 0 Å². The third-order valence-corrected chi connectivity index (χ3v) is 1.92. The molecule has 0 spiro atoms. The first-order chi connectivity index (χ1) is 5.97. The zero-order chi connectivity index (χ0) is 8.23. The van der Waals surface area contributed by atoms with Crippen LogP contribution in [0.15, 0.2) is 12.4 Å². The second-order valence-electron chi connectivity index (χ2n) is 2.73. The van der Waals surface area contributed by atoms with Crippen LogP contribution < -0.4 is 10.2 Å². The summed E-state index contributed by atoms with van der Waals surface area (Å²) in [6.45, 7) is 4.03. The molecular formula is C8H11N4. The second kappa shape index (κ2) is 3.49. The van der Waals surface area contributed by atoms with Crippen molar-refractivity contribution in [3.8, 4) is 0 Å². The minimum absolute atomic E-state index is 0.860. The Labute approximate surface area is 71.6 Å². The van der Waals surface area contributed by atoms with Crippen molar-refractivity contribution >= 4 is 5.82 Å². The van der Waals surface area contributed by atoms with Gasteiger partial charge in [-0.25, -0.2) is 9.97 Å². The predicted molar refractivity (Wildman–Crippen MR) is 46.0 cm³/mol. The molecule has 2 rings (SSSR count). The summed E-state index contributed by atoms with van der Waals surface area (Å²) in [6.07, 6.45) is 6.22. The number of nitrogens with one attached hydrogen (secondary N) is 1. The SMILES string of the molecule is [c]1nccnc1N1CCNCC1. The monoisotopic (exact) mass is 163 g/mol. The number of anilines is 1. The van der Waals surface area contributed by atoms with Crippen molar-refractivity contribution in [1.82, 2.24) is 15.3 Å². The smallest absolute Gasteiger partial charge is 0.157 e. The van der Waals surface area contributed by atoms with E-state index in [0.29, 0.717) is 0 Å². The van der Waals surface area contributed by atoms with Crippen molar-refractivity contribution < 1.29 is 0 Å². The Balaban J connectivity index is 2.08. The average Bonchev–Trinajstić information content (AvgIpc) is 2.21. The van der Waals surface area contributed by atoms with Crippen LogP contribution in [0.4, 0.5) is 5.82 Å². The molecular weight excluding hydrogens is 152 g/mol. The Morgan fingerprint density at radius 2 is 2.17 bits per heavy atom. The Kier molecular flexibility index (Phi) is 2.18. The van der Waals surface area contributed by atoms with E-state index in [2.05, 4.69) is 26.4 Å². The van der Waals surface area contributed by atoms with Crippen molar-refractivity contribution in [1.29, 1.82) is 0 Å². The van der Waals surface area contributed by atoms with Crippen LogP contribution >= 0.6 is 0 Å². The summed E-state index contributed by atoms with van der Waals surface area (Å²) in [7, 11) is 0. The maximum absolute atomic E-state index is 4.18. The lowest BCUT2D eigenvalue weighted by molar-refractivity contribution is 0.584. The quantitative estimate of drug-likeness (QED) is 0.616. The van der Waals surface area contributed by atoms with Crippen molar-refractivity contribution in [3.05, 3.63) is 18.6 Å². The van der Waals surface area contributed by atoms with Gasteiger partial charge in [-0.05, 0) is 0 Å². The molecule has 1 saturated heterocycles. The van der Waals surface area contributed by atoms with Crippen LogP contribution in [0.1, 0.15) is 0 Å². The highest BCUT2D eigenvalue weighted by Gasteiger charge is 2.10. The van der Waals surface area contributed by atoms with Crippen molar-refractivity contribution in [2.45, 2.75) is 0 Å². The van der Waals surface area contributed by atoms with Gasteiger partial charge < -0.3 is 10.2 Å². The first-order valence-electron chi connectivity index (χ1n) is 4.11. The molecule has 0 bridgehead atoms. The number of rotatable bonds is 1. The number of hydrogen-bond acceptors (Lipinski definition) is 4. The molecule has 1 fully saturated rings. The Morgan fingerprint density at radius 3 is 2.83 bits per heavy atom. The Hall–Kier alpha value is -1.16. The molecule has 2 heterocycles. The van der Waals surface area contributed by atoms with Gasteiger partial charge in [0.15, 0.2) is 5.82 Å². The first-order valence-corrected chi connectivity index (χ1v) is 4.11. The van der Waals surface area contributed by atoms with Crippen molar-refractivity contribution in [2.24, 2.45) is 0 Å². The number of nitrogens with zero attached hydrogens (tertiary/aromatic N) is 3. The van der Waals surface area contributed by atoms with E-state index in [-0.39, 0.29) is 0 Å². The highest BCUT2D eigenvalue weighted by molar-refractivity contribution is 5.34. The van der Waals surface area contributed by atoms with Gasteiger partial charge in [0, 0.05) is 38.6 Å². The molecule has 0 saturated carbocycles. The van der Waals surface area contributed by atoms with Crippen molar-refractivity contribution in [3.63, 3.8) is 0 Å². The van der Waals surface area contributed by atoms with Gasteiger partial charge in [-0.3, -0.25) is 0 Å². The van der Waals surface area contributed by atoms with Gasteiger partial charge in [0.1, 0.15) is 6.20 Å². The second-order valence-corrected chi connectivity index (χ2v) is 2.73. The molecule has 0 unspecified atom stereocenters. The van der Waals surface area contributed by atoms with Gasteiger partial charge in [-0.2, -0.15) is 0 Å². The molecule has 4 nitrogen and oxygen atoms in total. The zero-order valence-electron chi connectivity index (χ0n) is 6.82. The largest absolute Gasteiger partial charge is 0.352 e. The lowest BCUT2D eigenvalue weighted by Gasteiger charge is -2.27. The van der Waals surface area contributed by atoms with E-state index in [0.717, 1.165) is 32.0 Å². The van der Waals surface area contributed by atoms with Crippen LogP contribution in [0.3, 0.4) is 0 Å². The molecule has 0 amide bonds. The third-order valence-electron chi connectivity index (χ3n) is 1.92. The lowest BCUT2D eigenvalue weighted by Crippen LogP contribution is -2.43. The van der Waals surface area contributed by atoms with Crippen LogP contribution in [0.25, 0.3) is 0 Å². The van der Waals surface area contributed by atoms with Crippen LogP contribution in [-0.4, -0.2) is 36.1 Å². The van der Waals surface area contributed by atoms with Crippen LogP contribution in [0.5, 0.6) is 0 Å². The fourth-order valence-electron chi connectivity index (χ4n) is 1.29. The van der Waals surface area contributed by atoms with E-state index < -0.39 is 0 Å². The fraction of sp³-hybridized carbons (Fsp3) is 0.500. The number of hydrogen-bond donors (Lipinski definition) is 1. The normalized spacial score (nSPS) is 17.8. The lowest BCUT2D eigenvalue weighted by atomic mass is 10.4. The topological polar surface area (TPSA) is 41.1 Å². The predicted octanol–water partition coefficient (Wildman–Crippen LogP) is -0.314. The molecule has 1 N–H and O–H groups in total. The molecule has 1 radical (unpaired) electrons. The highest BCUT2D eigenvalue weighted by atomic mass is 15.2. The summed E-state index contributed by atoms with van der Waals surface area (Å²) < 4.78 is 0. The molecule has 0 aromatic carbocycles. The van der Waals surface area contributed by atoms with Gasteiger partial charge in [-0.15, -0.1) is 0 Å². The summed E-state index contributed by atoms with van der Waals surface area (Å²) in [5.41, 5.74) is 0. The summed E-state index contributed by atoms with van der Waals surface area (Å²) >= 11 is 0. The van der Waals surface area contributed by atoms with Gasteiger partial charge in [-0.1, -0.05) is 0 Å². The van der Waals surface area contributed by atoms with Crippen LogP contribution in [-0.2, 0) is 0 Å². The van der Waals surface area contributed by atoms with E-state index in [4.69, 9.17) is 0 Å². The third kappa shape index (κ3) is 1.53. The fourth-order valence-corrected chi connectivity index (χ4v) is 1.29. The Bertz CT molecular complexity index is 230. The zero-order valence-corrected chi connectivity index (χ0v) is 6.82. The maximum Gasteiger partial charge on any atom is 0.157 e. The number of piperazine rings is 1. The molecule has 0 aliphatic carbocycles. The van der Waals surface area contributed by atoms with E-state index >= 15 is 0 Å². The molecule has 1 aliphatic rings. The molecule has 1 aliphatic heterocycles. The van der Waals surface area contributed by atoms with Crippen LogP contribution in [0.2, 0.25) is 0 Å². The summed E-state index contributed by atoms with van der Waals surface area (Å²) in [5, 5.41) is 3.28.